The van der Waals surface area contributed by atoms with Crippen molar-refractivity contribution >= 4 is 17.5 Å². The van der Waals surface area contributed by atoms with Crippen molar-refractivity contribution in [2.45, 2.75) is 19.1 Å². The zero-order valence-corrected chi connectivity index (χ0v) is 9.97. The average Bonchev–Trinajstić information content (AvgIpc) is 2.29. The number of thioether (sulfide) groups is 1. The summed E-state index contributed by atoms with van der Waals surface area (Å²) in [5, 5.41) is 0. The van der Waals surface area contributed by atoms with Gasteiger partial charge in [0.1, 0.15) is 11.5 Å². The lowest BCUT2D eigenvalue weighted by atomic mass is 10.2. The largest absolute Gasteiger partial charge is 0.497 e. The first-order valence-electron chi connectivity index (χ1n) is 4.98. The molecule has 0 saturated heterocycles. The van der Waals surface area contributed by atoms with Gasteiger partial charge in [0.15, 0.2) is 0 Å². The third kappa shape index (κ3) is 4.38. The molecule has 0 aliphatic carbocycles. The summed E-state index contributed by atoms with van der Waals surface area (Å²) in [6.07, 6.45) is 0.635. The molecule has 1 aromatic carbocycles. The fraction of sp³-hybridized carbons (Fsp3) is 0.417. The molecule has 82 valence electrons. The van der Waals surface area contributed by atoms with Crippen LogP contribution < -0.4 is 4.74 Å². The van der Waals surface area contributed by atoms with E-state index in [0.29, 0.717) is 18.0 Å². The summed E-state index contributed by atoms with van der Waals surface area (Å²) in [4.78, 5) is 11.1. The summed E-state index contributed by atoms with van der Waals surface area (Å²) in [6, 6.07) is 7.94. The van der Waals surface area contributed by atoms with Gasteiger partial charge in [-0.15, -0.1) is 11.8 Å². The molecule has 1 rings (SSSR count). The Hall–Kier alpha value is -0.960. The molecule has 0 aliphatic rings. The van der Waals surface area contributed by atoms with Gasteiger partial charge in [-0.3, -0.25) is 4.79 Å². The molecular formula is C12H16O2S. The van der Waals surface area contributed by atoms with Gasteiger partial charge in [0, 0.05) is 12.2 Å². The molecule has 1 aromatic rings. The maximum absolute atomic E-state index is 11.1. The molecular weight excluding hydrogens is 208 g/mol. The quantitative estimate of drug-likeness (QED) is 0.743. The summed E-state index contributed by atoms with van der Waals surface area (Å²) in [5.41, 5.74) is 1.23. The maximum atomic E-state index is 11.1. The van der Waals surface area contributed by atoms with E-state index in [1.165, 1.54) is 5.56 Å². The lowest BCUT2D eigenvalue weighted by Crippen LogP contribution is -1.98. The minimum atomic E-state index is 0.313. The molecule has 0 aromatic heterocycles. The highest BCUT2D eigenvalue weighted by Crippen LogP contribution is 2.16. The Morgan fingerprint density at radius 3 is 2.53 bits per heavy atom. The van der Waals surface area contributed by atoms with Gasteiger partial charge in [0.25, 0.3) is 0 Å². The van der Waals surface area contributed by atoms with Gasteiger partial charge in [-0.1, -0.05) is 19.1 Å². The molecule has 0 amide bonds. The van der Waals surface area contributed by atoms with Crippen LogP contribution in [0.15, 0.2) is 24.3 Å². The van der Waals surface area contributed by atoms with E-state index in [2.05, 4.69) is 0 Å². The van der Waals surface area contributed by atoms with Gasteiger partial charge in [-0.25, -0.2) is 0 Å². The molecule has 0 N–H and O–H groups in total. The Morgan fingerprint density at radius 1 is 1.33 bits per heavy atom. The zero-order chi connectivity index (χ0) is 11.1. The summed E-state index contributed by atoms with van der Waals surface area (Å²) < 4.78 is 5.07. The Labute approximate surface area is 95.0 Å². The van der Waals surface area contributed by atoms with Gasteiger partial charge < -0.3 is 4.74 Å². The van der Waals surface area contributed by atoms with Crippen molar-refractivity contribution < 1.29 is 9.53 Å². The van der Waals surface area contributed by atoms with Crippen molar-refractivity contribution in [2.75, 3.05) is 12.9 Å². The van der Waals surface area contributed by atoms with Crippen LogP contribution in [0.5, 0.6) is 5.75 Å². The number of benzene rings is 1. The van der Waals surface area contributed by atoms with Crippen molar-refractivity contribution in [1.82, 2.24) is 0 Å². The topological polar surface area (TPSA) is 26.3 Å². The SMILES string of the molecule is CCC(=O)CSCc1ccc(OC)cc1. The van der Waals surface area contributed by atoms with E-state index < -0.39 is 0 Å². The summed E-state index contributed by atoms with van der Waals surface area (Å²) in [6.45, 7) is 1.90. The van der Waals surface area contributed by atoms with Crippen LogP contribution in [0, 0.1) is 0 Å². The maximum Gasteiger partial charge on any atom is 0.142 e. The molecule has 0 unspecified atom stereocenters. The van der Waals surface area contributed by atoms with Crippen LogP contribution in [-0.2, 0) is 10.5 Å². The van der Waals surface area contributed by atoms with Crippen LogP contribution in [0.25, 0.3) is 0 Å². The third-order valence-corrected chi connectivity index (χ3v) is 3.15. The molecule has 0 atom stereocenters. The molecule has 0 heterocycles. The summed E-state index contributed by atoms with van der Waals surface area (Å²) >= 11 is 1.66. The van der Waals surface area contributed by atoms with Crippen molar-refractivity contribution in [1.29, 1.82) is 0 Å². The second-order valence-electron chi connectivity index (χ2n) is 3.23. The standard InChI is InChI=1S/C12H16O2S/c1-3-11(13)9-15-8-10-4-6-12(14-2)7-5-10/h4-7H,3,8-9H2,1-2H3. The van der Waals surface area contributed by atoms with Gasteiger partial charge in [0.05, 0.1) is 12.9 Å². The van der Waals surface area contributed by atoms with E-state index in [-0.39, 0.29) is 0 Å². The number of methoxy groups -OCH3 is 1. The number of hydrogen-bond acceptors (Lipinski definition) is 3. The normalized spacial score (nSPS) is 10.0. The molecule has 0 spiro atoms. The van der Waals surface area contributed by atoms with Gasteiger partial charge in [-0.2, -0.15) is 0 Å². The predicted octanol–water partition coefficient (Wildman–Crippen LogP) is 2.91. The minimum Gasteiger partial charge on any atom is -0.497 e. The molecule has 0 radical (unpaired) electrons. The minimum absolute atomic E-state index is 0.313. The lowest BCUT2D eigenvalue weighted by molar-refractivity contribution is -0.116. The molecule has 3 heteroatoms. The third-order valence-electron chi connectivity index (χ3n) is 2.09. The molecule has 0 fully saturated rings. The zero-order valence-electron chi connectivity index (χ0n) is 9.16. The van der Waals surface area contributed by atoms with Crippen LogP contribution >= 0.6 is 11.8 Å². The molecule has 0 aliphatic heterocycles. The lowest BCUT2D eigenvalue weighted by Gasteiger charge is -2.02. The van der Waals surface area contributed by atoms with Gasteiger partial charge in [0.2, 0.25) is 0 Å². The second kappa shape index (κ2) is 6.51. The van der Waals surface area contributed by atoms with E-state index in [1.807, 2.05) is 31.2 Å². The van der Waals surface area contributed by atoms with Crippen LogP contribution in [0.3, 0.4) is 0 Å². The Balaban J connectivity index is 2.34. The van der Waals surface area contributed by atoms with Gasteiger partial charge >= 0.3 is 0 Å². The van der Waals surface area contributed by atoms with E-state index >= 15 is 0 Å². The summed E-state index contributed by atoms with van der Waals surface area (Å²) in [7, 11) is 1.66. The number of hydrogen-bond donors (Lipinski definition) is 0. The highest BCUT2D eigenvalue weighted by atomic mass is 32.2. The van der Waals surface area contributed by atoms with E-state index in [9.17, 15) is 4.79 Å². The van der Waals surface area contributed by atoms with E-state index in [1.54, 1.807) is 18.9 Å². The van der Waals surface area contributed by atoms with Crippen LogP contribution in [-0.4, -0.2) is 18.6 Å². The highest BCUT2D eigenvalue weighted by Gasteiger charge is 1.99. The first kappa shape index (κ1) is 12.1. The highest BCUT2D eigenvalue weighted by molar-refractivity contribution is 7.99. The van der Waals surface area contributed by atoms with Crippen molar-refractivity contribution in [3.63, 3.8) is 0 Å². The molecule has 15 heavy (non-hydrogen) atoms. The van der Waals surface area contributed by atoms with Gasteiger partial charge in [-0.05, 0) is 17.7 Å². The van der Waals surface area contributed by atoms with Crippen molar-refractivity contribution in [2.24, 2.45) is 0 Å². The van der Waals surface area contributed by atoms with Crippen molar-refractivity contribution in [3.05, 3.63) is 29.8 Å². The fourth-order valence-corrected chi connectivity index (χ4v) is 2.07. The monoisotopic (exact) mass is 224 g/mol. The summed E-state index contributed by atoms with van der Waals surface area (Å²) in [5.74, 6) is 2.68. The number of ether oxygens (including phenoxy) is 1. The number of Topliss-reactive ketones (excluding diaryl/α,β-unsaturated/α-hetero) is 1. The predicted molar refractivity (Wildman–Crippen MR) is 64.5 cm³/mol. The fourth-order valence-electron chi connectivity index (χ4n) is 1.11. The second-order valence-corrected chi connectivity index (χ2v) is 4.22. The van der Waals surface area contributed by atoms with E-state index in [4.69, 9.17) is 4.74 Å². The first-order valence-corrected chi connectivity index (χ1v) is 6.14. The van der Waals surface area contributed by atoms with Crippen LogP contribution in [0.4, 0.5) is 0 Å². The number of rotatable bonds is 6. The Bertz CT molecular complexity index is 306. The number of carbonyl (C=O) groups is 1. The smallest absolute Gasteiger partial charge is 0.142 e. The average molecular weight is 224 g/mol. The number of carbonyl (C=O) groups excluding carboxylic acids is 1. The molecule has 0 saturated carbocycles. The number of ketones is 1. The van der Waals surface area contributed by atoms with Crippen LogP contribution in [0.2, 0.25) is 0 Å². The first-order chi connectivity index (χ1) is 7.26. The Morgan fingerprint density at radius 2 is 2.00 bits per heavy atom. The molecule has 0 bridgehead atoms. The Kier molecular flexibility index (Phi) is 5.26. The molecule has 2 nitrogen and oxygen atoms in total. The van der Waals surface area contributed by atoms with E-state index in [0.717, 1.165) is 11.5 Å². The van der Waals surface area contributed by atoms with Crippen molar-refractivity contribution in [3.8, 4) is 5.75 Å². The van der Waals surface area contributed by atoms with Crippen LogP contribution in [0.1, 0.15) is 18.9 Å².